The number of hydrogen-bond acceptors (Lipinski definition) is 2. The molecule has 0 saturated heterocycles. The number of nitrogens with one attached hydrogen (secondary N) is 1. The minimum Gasteiger partial charge on any atom is -0.207 e. The fourth-order valence-corrected chi connectivity index (χ4v) is 3.49. The maximum Gasteiger partial charge on any atom is 0.241 e. The molecular weight excluding hydrogens is 294 g/mol. The number of sulfonamides is 1. The van der Waals surface area contributed by atoms with Gasteiger partial charge in [0.1, 0.15) is 0 Å². The first-order valence-corrected chi connectivity index (χ1v) is 8.86. The number of hydrogen-bond donors (Lipinski definition) is 1. The van der Waals surface area contributed by atoms with E-state index < -0.39 is 10.0 Å². The molecule has 2 aromatic carbocycles. The van der Waals surface area contributed by atoms with Crippen molar-refractivity contribution >= 4 is 10.0 Å². The molecular formula is C18H23NO2S. The summed E-state index contributed by atoms with van der Waals surface area (Å²) in [5, 5.41) is 0. The van der Waals surface area contributed by atoms with E-state index in [0.717, 1.165) is 5.56 Å². The second kappa shape index (κ2) is 6.23. The predicted molar refractivity (Wildman–Crippen MR) is 90.3 cm³/mol. The van der Waals surface area contributed by atoms with Gasteiger partial charge < -0.3 is 0 Å². The van der Waals surface area contributed by atoms with Gasteiger partial charge in [-0.3, -0.25) is 0 Å². The first-order chi connectivity index (χ1) is 10.2. The molecule has 22 heavy (non-hydrogen) atoms. The topological polar surface area (TPSA) is 46.2 Å². The molecule has 0 aliphatic heterocycles. The van der Waals surface area contributed by atoms with Crippen LogP contribution in [0.2, 0.25) is 0 Å². The van der Waals surface area contributed by atoms with Crippen molar-refractivity contribution in [1.29, 1.82) is 0 Å². The van der Waals surface area contributed by atoms with E-state index in [9.17, 15) is 8.42 Å². The molecule has 4 heteroatoms. The average molecular weight is 317 g/mol. The van der Waals surface area contributed by atoms with E-state index in [1.807, 2.05) is 19.1 Å². The molecule has 0 amide bonds. The average Bonchev–Trinajstić information content (AvgIpc) is 2.47. The minimum atomic E-state index is -3.50. The molecule has 0 aliphatic carbocycles. The van der Waals surface area contributed by atoms with Crippen LogP contribution in [0, 0.1) is 0 Å². The van der Waals surface area contributed by atoms with Crippen LogP contribution < -0.4 is 4.72 Å². The zero-order valence-electron chi connectivity index (χ0n) is 13.5. The van der Waals surface area contributed by atoms with E-state index in [4.69, 9.17) is 0 Å². The Morgan fingerprint density at radius 1 is 0.909 bits per heavy atom. The fourth-order valence-electron chi connectivity index (χ4n) is 2.24. The maximum atomic E-state index is 12.3. The summed E-state index contributed by atoms with van der Waals surface area (Å²) >= 11 is 0. The Morgan fingerprint density at radius 2 is 1.45 bits per heavy atom. The monoisotopic (exact) mass is 317 g/mol. The molecule has 0 fully saturated rings. The van der Waals surface area contributed by atoms with E-state index in [2.05, 4.69) is 37.6 Å². The Hall–Kier alpha value is -1.65. The van der Waals surface area contributed by atoms with Gasteiger partial charge >= 0.3 is 0 Å². The summed E-state index contributed by atoms with van der Waals surface area (Å²) in [6.07, 6.45) is 0. The van der Waals surface area contributed by atoms with E-state index in [-0.39, 0.29) is 16.4 Å². The molecule has 3 nitrogen and oxygen atoms in total. The highest BCUT2D eigenvalue weighted by molar-refractivity contribution is 7.89. The summed E-state index contributed by atoms with van der Waals surface area (Å²) in [6, 6.07) is 16.2. The van der Waals surface area contributed by atoms with Crippen LogP contribution in [0.5, 0.6) is 0 Å². The zero-order valence-corrected chi connectivity index (χ0v) is 14.3. The van der Waals surface area contributed by atoms with Crippen molar-refractivity contribution in [2.75, 3.05) is 0 Å². The SMILES string of the molecule is C[C@@H](NS(=O)(=O)c1ccccc1)c1ccc(C(C)(C)C)cc1. The van der Waals surface area contributed by atoms with Crippen LogP contribution in [0.4, 0.5) is 0 Å². The van der Waals surface area contributed by atoms with Crippen molar-refractivity contribution in [3.05, 3.63) is 65.7 Å². The van der Waals surface area contributed by atoms with Gasteiger partial charge in [0.15, 0.2) is 0 Å². The summed E-state index contributed by atoms with van der Waals surface area (Å²) < 4.78 is 27.4. The van der Waals surface area contributed by atoms with Crippen LogP contribution in [0.25, 0.3) is 0 Å². The van der Waals surface area contributed by atoms with Crippen molar-refractivity contribution in [3.63, 3.8) is 0 Å². The second-order valence-electron chi connectivity index (χ2n) is 6.53. The molecule has 0 aliphatic rings. The molecule has 0 heterocycles. The highest BCUT2D eigenvalue weighted by Crippen LogP contribution is 2.24. The molecule has 2 aromatic rings. The van der Waals surface area contributed by atoms with Gasteiger partial charge in [0, 0.05) is 6.04 Å². The first-order valence-electron chi connectivity index (χ1n) is 7.38. The largest absolute Gasteiger partial charge is 0.241 e. The third-order valence-corrected chi connectivity index (χ3v) is 5.22. The normalized spacial score (nSPS) is 13.8. The lowest BCUT2D eigenvalue weighted by Crippen LogP contribution is -2.27. The van der Waals surface area contributed by atoms with Crippen molar-refractivity contribution < 1.29 is 8.42 Å². The van der Waals surface area contributed by atoms with Crippen LogP contribution in [0.15, 0.2) is 59.5 Å². The molecule has 2 rings (SSSR count). The lowest BCUT2D eigenvalue weighted by Gasteiger charge is -2.20. The van der Waals surface area contributed by atoms with Crippen LogP contribution in [0.1, 0.15) is 44.9 Å². The number of rotatable bonds is 4. The molecule has 0 spiro atoms. The second-order valence-corrected chi connectivity index (χ2v) is 8.24. The van der Waals surface area contributed by atoms with E-state index in [1.165, 1.54) is 5.56 Å². The highest BCUT2D eigenvalue weighted by Gasteiger charge is 2.19. The Labute approximate surface area is 133 Å². The molecule has 1 N–H and O–H groups in total. The molecule has 118 valence electrons. The van der Waals surface area contributed by atoms with E-state index >= 15 is 0 Å². The Balaban J connectivity index is 2.17. The van der Waals surface area contributed by atoms with E-state index in [0.29, 0.717) is 0 Å². The van der Waals surface area contributed by atoms with Gasteiger partial charge in [-0.2, -0.15) is 0 Å². The first kappa shape index (κ1) is 16.7. The Bertz CT molecular complexity index is 714. The molecule has 0 radical (unpaired) electrons. The van der Waals surface area contributed by atoms with Crippen molar-refractivity contribution in [1.82, 2.24) is 4.72 Å². The van der Waals surface area contributed by atoms with Gasteiger partial charge in [-0.1, -0.05) is 63.2 Å². The highest BCUT2D eigenvalue weighted by atomic mass is 32.2. The quantitative estimate of drug-likeness (QED) is 0.925. The lowest BCUT2D eigenvalue weighted by atomic mass is 9.86. The van der Waals surface area contributed by atoms with Crippen molar-refractivity contribution in [2.45, 2.75) is 44.0 Å². The standard InChI is InChI=1S/C18H23NO2S/c1-14(15-10-12-16(13-11-15)18(2,3)4)19-22(20,21)17-8-6-5-7-9-17/h5-14,19H,1-4H3/t14-/m1/s1. The summed E-state index contributed by atoms with van der Waals surface area (Å²) in [6.45, 7) is 8.32. The van der Waals surface area contributed by atoms with Crippen molar-refractivity contribution in [3.8, 4) is 0 Å². The van der Waals surface area contributed by atoms with Gasteiger partial charge in [-0.05, 0) is 35.6 Å². The van der Waals surface area contributed by atoms with Gasteiger partial charge in [-0.15, -0.1) is 0 Å². The Kier molecular flexibility index (Phi) is 4.73. The van der Waals surface area contributed by atoms with Crippen LogP contribution in [-0.2, 0) is 15.4 Å². The van der Waals surface area contributed by atoms with Gasteiger partial charge in [-0.25, -0.2) is 13.1 Å². The van der Waals surface area contributed by atoms with Gasteiger partial charge in [0.05, 0.1) is 4.90 Å². The fraction of sp³-hybridized carbons (Fsp3) is 0.333. The lowest BCUT2D eigenvalue weighted by molar-refractivity contribution is 0.566. The Morgan fingerprint density at radius 3 is 1.95 bits per heavy atom. The minimum absolute atomic E-state index is 0.0886. The third kappa shape index (κ3) is 3.96. The zero-order chi connectivity index (χ0) is 16.4. The van der Waals surface area contributed by atoms with E-state index in [1.54, 1.807) is 30.3 Å². The molecule has 0 saturated carbocycles. The third-order valence-electron chi connectivity index (χ3n) is 3.66. The van der Waals surface area contributed by atoms with Crippen LogP contribution in [-0.4, -0.2) is 8.42 Å². The molecule has 1 atom stereocenters. The summed E-state index contributed by atoms with van der Waals surface area (Å²) in [7, 11) is -3.50. The maximum absolute atomic E-state index is 12.3. The van der Waals surface area contributed by atoms with Crippen LogP contribution >= 0.6 is 0 Å². The summed E-state index contributed by atoms with van der Waals surface area (Å²) in [5.41, 5.74) is 2.27. The van der Waals surface area contributed by atoms with Gasteiger partial charge in [0.25, 0.3) is 0 Å². The molecule has 0 unspecified atom stereocenters. The summed E-state index contributed by atoms with van der Waals surface area (Å²) in [4.78, 5) is 0.285. The van der Waals surface area contributed by atoms with Crippen LogP contribution in [0.3, 0.4) is 0 Å². The predicted octanol–water partition coefficient (Wildman–Crippen LogP) is 4.02. The summed E-state index contributed by atoms with van der Waals surface area (Å²) in [5.74, 6) is 0. The molecule has 0 aromatic heterocycles. The van der Waals surface area contributed by atoms with Crippen molar-refractivity contribution in [2.24, 2.45) is 0 Å². The molecule has 0 bridgehead atoms. The smallest absolute Gasteiger partial charge is 0.207 e. The van der Waals surface area contributed by atoms with Gasteiger partial charge in [0.2, 0.25) is 10.0 Å². The number of benzene rings is 2.